The molecule has 0 atom stereocenters. The highest BCUT2D eigenvalue weighted by Crippen LogP contribution is 2.41. The fraction of sp³-hybridized carbons (Fsp3) is 0.200. The van der Waals surface area contributed by atoms with Crippen molar-refractivity contribution in [1.82, 2.24) is 0 Å². The summed E-state index contributed by atoms with van der Waals surface area (Å²) in [6.07, 6.45) is 7.08. The molecule has 3 rings (SSSR count). The summed E-state index contributed by atoms with van der Waals surface area (Å²) in [5, 5.41) is 56.1. The maximum absolute atomic E-state index is 9.66. The van der Waals surface area contributed by atoms with Gasteiger partial charge in [0, 0.05) is 11.1 Å². The molecule has 0 fully saturated rings. The predicted octanol–water partition coefficient (Wildman–Crippen LogP) is 5.57. The highest BCUT2D eigenvalue weighted by Gasteiger charge is 2.39. The van der Waals surface area contributed by atoms with Crippen LogP contribution in [0.15, 0.2) is 81.4 Å². The third-order valence-corrected chi connectivity index (χ3v) is 5.95. The maximum atomic E-state index is 9.66. The molecule has 0 N–H and O–H groups in total. The lowest BCUT2D eigenvalue weighted by Gasteiger charge is -2.20. The molecule has 8 heteroatoms. The normalized spacial score (nSPS) is 17.1. The summed E-state index contributed by atoms with van der Waals surface area (Å²) in [6, 6.07) is 18.6. The van der Waals surface area contributed by atoms with Crippen molar-refractivity contribution in [1.29, 1.82) is 31.6 Å². The van der Waals surface area contributed by atoms with Gasteiger partial charge >= 0.3 is 0 Å². The van der Waals surface area contributed by atoms with Gasteiger partial charge < -0.3 is 9.47 Å². The molecule has 0 bridgehead atoms. The second-order valence-corrected chi connectivity index (χ2v) is 9.21. The van der Waals surface area contributed by atoms with Crippen molar-refractivity contribution in [3.63, 3.8) is 0 Å². The van der Waals surface area contributed by atoms with E-state index in [-0.39, 0.29) is 33.8 Å². The third kappa shape index (κ3) is 4.94. The molecular formula is C30H20N6O2. The van der Waals surface area contributed by atoms with Gasteiger partial charge in [-0.15, -0.1) is 0 Å². The topological polar surface area (TPSA) is 161 Å². The first-order valence-corrected chi connectivity index (χ1v) is 11.3. The SMILES string of the molecule is CC1(C)OC(=C(C#N)C#N)C(C#N)=C1/C=C/c1ccc(/C=C/C2=C(C#N)C(=C(C#N)C#N)OC2(C)C)cc1. The fourth-order valence-corrected chi connectivity index (χ4v) is 4.04. The van der Waals surface area contributed by atoms with Crippen LogP contribution >= 0.6 is 0 Å². The zero-order valence-corrected chi connectivity index (χ0v) is 21.1. The Morgan fingerprint density at radius 2 is 0.895 bits per heavy atom. The van der Waals surface area contributed by atoms with E-state index in [1.807, 2.05) is 36.4 Å². The van der Waals surface area contributed by atoms with E-state index in [0.29, 0.717) is 11.1 Å². The quantitative estimate of drug-likeness (QED) is 0.488. The number of benzene rings is 1. The van der Waals surface area contributed by atoms with Crippen molar-refractivity contribution in [3.8, 4) is 36.4 Å². The predicted molar refractivity (Wildman–Crippen MR) is 137 cm³/mol. The van der Waals surface area contributed by atoms with E-state index in [0.717, 1.165) is 11.1 Å². The van der Waals surface area contributed by atoms with Crippen LogP contribution in [0.1, 0.15) is 38.8 Å². The van der Waals surface area contributed by atoms with Crippen molar-refractivity contribution in [2.24, 2.45) is 0 Å². The maximum Gasteiger partial charge on any atom is 0.172 e. The lowest BCUT2D eigenvalue weighted by atomic mass is 9.93. The summed E-state index contributed by atoms with van der Waals surface area (Å²) in [5.74, 6) is -0.0238. The lowest BCUT2D eigenvalue weighted by molar-refractivity contribution is 0.0951. The number of rotatable bonds is 4. The number of allylic oxidation sites excluding steroid dienone is 4. The van der Waals surface area contributed by atoms with Gasteiger partial charge in [0.15, 0.2) is 22.7 Å². The number of hydrogen-bond donors (Lipinski definition) is 0. The zero-order chi connectivity index (χ0) is 28.1. The van der Waals surface area contributed by atoms with Crippen LogP contribution in [0.4, 0.5) is 0 Å². The molecule has 0 aromatic heterocycles. The first-order valence-electron chi connectivity index (χ1n) is 11.3. The Morgan fingerprint density at radius 1 is 0.579 bits per heavy atom. The van der Waals surface area contributed by atoms with Gasteiger partial charge in [-0.1, -0.05) is 48.6 Å². The van der Waals surface area contributed by atoms with Crippen LogP contribution in [0.25, 0.3) is 12.2 Å². The van der Waals surface area contributed by atoms with E-state index in [4.69, 9.17) is 9.47 Å². The van der Waals surface area contributed by atoms with Gasteiger partial charge in [0.05, 0.1) is 0 Å². The molecule has 0 unspecified atom stereocenters. The van der Waals surface area contributed by atoms with Gasteiger partial charge in [-0.2, -0.15) is 31.6 Å². The van der Waals surface area contributed by atoms with Crippen LogP contribution < -0.4 is 0 Å². The summed E-state index contributed by atoms with van der Waals surface area (Å²) in [7, 11) is 0. The van der Waals surface area contributed by atoms with Crippen LogP contribution in [0, 0.1) is 68.0 Å². The van der Waals surface area contributed by atoms with Crippen LogP contribution in [0.5, 0.6) is 0 Å². The summed E-state index contributed by atoms with van der Waals surface area (Å²) < 4.78 is 11.5. The Morgan fingerprint density at radius 3 is 1.16 bits per heavy atom. The number of hydrogen-bond acceptors (Lipinski definition) is 8. The highest BCUT2D eigenvalue weighted by molar-refractivity contribution is 5.67. The Kier molecular flexibility index (Phi) is 7.36. The first-order chi connectivity index (χ1) is 18.1. The number of nitrogens with zero attached hydrogens (tertiary/aromatic N) is 6. The van der Waals surface area contributed by atoms with Crippen molar-refractivity contribution in [3.05, 3.63) is 92.5 Å². The molecule has 2 aliphatic rings. The minimum Gasteiger partial charge on any atom is -0.480 e. The minimum atomic E-state index is -0.898. The van der Waals surface area contributed by atoms with Gasteiger partial charge in [0.25, 0.3) is 0 Å². The Bertz CT molecular complexity index is 1490. The van der Waals surface area contributed by atoms with E-state index < -0.39 is 11.2 Å². The summed E-state index contributed by atoms with van der Waals surface area (Å²) >= 11 is 0. The molecule has 0 saturated carbocycles. The molecule has 2 heterocycles. The van der Waals surface area contributed by atoms with Crippen molar-refractivity contribution in [2.45, 2.75) is 38.9 Å². The van der Waals surface area contributed by atoms with E-state index in [9.17, 15) is 31.6 Å². The molecule has 0 spiro atoms. The van der Waals surface area contributed by atoms with Crippen LogP contribution in [-0.4, -0.2) is 11.2 Å². The van der Waals surface area contributed by atoms with Crippen LogP contribution in [0.3, 0.4) is 0 Å². The van der Waals surface area contributed by atoms with Gasteiger partial charge in [-0.05, 0) is 38.8 Å². The third-order valence-electron chi connectivity index (χ3n) is 5.95. The Labute approximate surface area is 221 Å². The smallest absolute Gasteiger partial charge is 0.172 e. The van der Waals surface area contributed by atoms with E-state index >= 15 is 0 Å². The van der Waals surface area contributed by atoms with Crippen LogP contribution in [0.2, 0.25) is 0 Å². The van der Waals surface area contributed by atoms with E-state index in [1.165, 1.54) is 0 Å². The average Bonchev–Trinajstić information content (AvgIpc) is 3.30. The fourth-order valence-electron chi connectivity index (χ4n) is 4.04. The van der Waals surface area contributed by atoms with Gasteiger partial charge in [-0.3, -0.25) is 0 Å². The van der Waals surface area contributed by atoms with Crippen LogP contribution in [-0.2, 0) is 9.47 Å². The number of ether oxygens (including phenoxy) is 2. The molecule has 0 saturated heterocycles. The highest BCUT2D eigenvalue weighted by atomic mass is 16.5. The molecular weight excluding hydrogens is 476 g/mol. The minimum absolute atomic E-state index is 0.0119. The average molecular weight is 497 g/mol. The van der Waals surface area contributed by atoms with Gasteiger partial charge in [0.1, 0.15) is 58.8 Å². The summed E-state index contributed by atoms with van der Waals surface area (Å²) in [4.78, 5) is 0. The largest absolute Gasteiger partial charge is 0.480 e. The number of nitriles is 6. The van der Waals surface area contributed by atoms with Gasteiger partial charge in [0.2, 0.25) is 0 Å². The lowest BCUT2D eigenvalue weighted by Crippen LogP contribution is -2.20. The Hall–Kier alpha value is -5.80. The summed E-state index contributed by atoms with van der Waals surface area (Å²) in [6.45, 7) is 7.03. The molecule has 0 radical (unpaired) electrons. The first kappa shape index (κ1) is 26.8. The molecule has 0 amide bonds. The van der Waals surface area contributed by atoms with Crippen molar-refractivity contribution >= 4 is 12.2 Å². The van der Waals surface area contributed by atoms with Crippen molar-refractivity contribution < 1.29 is 9.47 Å². The standard InChI is InChI=1S/C30H20N6O2/c1-29(2)25(23(17-35)27(37-29)21(13-31)14-32)11-9-19-5-7-20(8-6-19)10-12-26-24(18-36)28(22(15-33)16-34)38-30(26,3)4/h5-12H,1-4H3/b11-9+,12-10+. The molecule has 1 aromatic carbocycles. The molecule has 1 aromatic rings. The Balaban J connectivity index is 1.93. The van der Waals surface area contributed by atoms with Crippen molar-refractivity contribution in [2.75, 3.05) is 0 Å². The second kappa shape index (κ2) is 10.4. The summed E-state index contributed by atoms with van der Waals surface area (Å²) in [5.41, 5.74) is 0.778. The van der Waals surface area contributed by atoms with E-state index in [2.05, 4.69) is 0 Å². The zero-order valence-electron chi connectivity index (χ0n) is 21.1. The molecule has 0 aliphatic carbocycles. The monoisotopic (exact) mass is 496 g/mol. The molecule has 2 aliphatic heterocycles. The second-order valence-electron chi connectivity index (χ2n) is 9.21. The van der Waals surface area contributed by atoms with Gasteiger partial charge in [-0.25, -0.2) is 0 Å². The van der Waals surface area contributed by atoms with E-state index in [1.54, 1.807) is 76.3 Å². The molecule has 8 nitrogen and oxygen atoms in total. The molecule has 38 heavy (non-hydrogen) atoms. The molecule has 182 valence electrons.